The van der Waals surface area contributed by atoms with E-state index in [1.807, 2.05) is 6.07 Å². The topological polar surface area (TPSA) is 46.2 Å². The summed E-state index contributed by atoms with van der Waals surface area (Å²) in [5.41, 5.74) is -1.56. The average Bonchev–Trinajstić information content (AvgIpc) is 3.18. The Morgan fingerprint density at radius 2 is 1.27 bits per heavy atom. The molecule has 5 nitrogen and oxygen atoms in total. The van der Waals surface area contributed by atoms with Gasteiger partial charge in [-0.1, -0.05) is 26.2 Å². The first-order chi connectivity index (χ1) is 13.8. The summed E-state index contributed by atoms with van der Waals surface area (Å²) >= 11 is 1.60. The van der Waals surface area contributed by atoms with Gasteiger partial charge in [0, 0.05) is 4.78 Å². The summed E-state index contributed by atoms with van der Waals surface area (Å²) in [6, 6.07) is 2.05. The molecule has 0 unspecified atom stereocenters. The van der Waals surface area contributed by atoms with Crippen LogP contribution in [-0.4, -0.2) is 43.2 Å². The quantitative estimate of drug-likeness (QED) is 0.449. The summed E-state index contributed by atoms with van der Waals surface area (Å²) in [7, 11) is -0.875. The van der Waals surface area contributed by atoms with E-state index in [1.165, 1.54) is 19.3 Å². The molecule has 0 amide bonds. The third kappa shape index (κ3) is 4.63. The van der Waals surface area contributed by atoms with Crippen LogP contribution in [0.25, 0.3) is 0 Å². The Kier molecular flexibility index (Phi) is 6.78. The standard InChI is InChI=1S/C22H38B2O5S/c1-10-11-12-13-14-25-16-15-17(23-26-19(2,3)20(4,5)27-23)30-18(16)24-28-21(6,7)22(8,9)29-24/h15H,10-14H2,1-9H3. The molecule has 168 valence electrons. The van der Waals surface area contributed by atoms with Gasteiger partial charge in [0.25, 0.3) is 0 Å². The van der Waals surface area contributed by atoms with Gasteiger partial charge in [-0.3, -0.25) is 0 Å². The van der Waals surface area contributed by atoms with Crippen LogP contribution in [-0.2, 0) is 18.6 Å². The molecule has 2 aliphatic rings. The average molecular weight is 436 g/mol. The molecule has 0 aliphatic carbocycles. The molecular formula is C22H38B2O5S. The second-order valence-electron chi connectivity index (χ2n) is 10.5. The molecule has 0 N–H and O–H groups in total. The van der Waals surface area contributed by atoms with Gasteiger partial charge in [0.05, 0.1) is 33.8 Å². The van der Waals surface area contributed by atoms with Crippen LogP contribution in [0.3, 0.4) is 0 Å². The lowest BCUT2D eigenvalue weighted by atomic mass is 9.85. The van der Waals surface area contributed by atoms with Crippen LogP contribution in [0.5, 0.6) is 5.75 Å². The summed E-state index contributed by atoms with van der Waals surface area (Å²) < 4.78 is 33.3. The van der Waals surface area contributed by atoms with Crippen molar-refractivity contribution in [2.45, 2.75) is 110 Å². The van der Waals surface area contributed by atoms with Gasteiger partial charge in [-0.05, 0) is 67.9 Å². The van der Waals surface area contributed by atoms with Gasteiger partial charge in [0.15, 0.2) is 0 Å². The maximum Gasteiger partial charge on any atom is 0.509 e. The van der Waals surface area contributed by atoms with Crippen molar-refractivity contribution in [1.82, 2.24) is 0 Å². The summed E-state index contributed by atoms with van der Waals surface area (Å²) in [5, 5.41) is 0. The van der Waals surface area contributed by atoms with E-state index in [4.69, 9.17) is 23.4 Å². The monoisotopic (exact) mass is 436 g/mol. The third-order valence-electron chi connectivity index (χ3n) is 6.95. The Morgan fingerprint density at radius 3 is 1.77 bits per heavy atom. The highest BCUT2D eigenvalue weighted by Crippen LogP contribution is 2.39. The van der Waals surface area contributed by atoms with Crippen molar-refractivity contribution in [3.05, 3.63) is 6.07 Å². The van der Waals surface area contributed by atoms with Crippen molar-refractivity contribution in [3.63, 3.8) is 0 Å². The van der Waals surface area contributed by atoms with Gasteiger partial charge in [-0.2, -0.15) is 0 Å². The number of hydrogen-bond donors (Lipinski definition) is 0. The Hall–Kier alpha value is -0.530. The van der Waals surface area contributed by atoms with Crippen molar-refractivity contribution >= 4 is 35.1 Å². The minimum Gasteiger partial charge on any atom is -0.493 e. The van der Waals surface area contributed by atoms with Crippen LogP contribution < -0.4 is 14.3 Å². The molecule has 30 heavy (non-hydrogen) atoms. The molecule has 3 rings (SSSR count). The Morgan fingerprint density at radius 1 is 0.767 bits per heavy atom. The largest absolute Gasteiger partial charge is 0.509 e. The Bertz CT molecular complexity index is 712. The van der Waals surface area contributed by atoms with Gasteiger partial charge >= 0.3 is 14.2 Å². The zero-order valence-electron chi connectivity index (χ0n) is 20.2. The lowest BCUT2D eigenvalue weighted by Gasteiger charge is -2.32. The SMILES string of the molecule is CCCCCCOc1cc(B2OC(C)(C)C(C)(C)O2)sc1B1OC(C)(C)C(C)(C)O1. The molecule has 0 saturated carbocycles. The molecule has 8 heteroatoms. The Labute approximate surface area is 187 Å². The fourth-order valence-corrected chi connectivity index (χ4v) is 4.44. The molecule has 3 heterocycles. The lowest BCUT2D eigenvalue weighted by molar-refractivity contribution is 0.00578. The molecule has 1 aromatic heterocycles. The fourth-order valence-electron chi connectivity index (χ4n) is 3.42. The van der Waals surface area contributed by atoms with Gasteiger partial charge in [0.1, 0.15) is 5.75 Å². The third-order valence-corrected chi connectivity index (χ3v) is 8.11. The van der Waals surface area contributed by atoms with Gasteiger partial charge in [-0.25, -0.2) is 0 Å². The van der Waals surface area contributed by atoms with Gasteiger partial charge in [0.2, 0.25) is 0 Å². The summed E-state index contributed by atoms with van der Waals surface area (Å²) in [6.07, 6.45) is 4.66. The predicted octanol–water partition coefficient (Wildman–Crippen LogP) is 4.31. The van der Waals surface area contributed by atoms with E-state index in [-0.39, 0.29) is 11.2 Å². The van der Waals surface area contributed by atoms with E-state index in [2.05, 4.69) is 62.3 Å². The molecule has 2 aliphatic heterocycles. The van der Waals surface area contributed by atoms with E-state index in [9.17, 15) is 0 Å². The minimum atomic E-state index is -0.457. The normalized spacial score (nSPS) is 23.9. The van der Waals surface area contributed by atoms with Crippen molar-refractivity contribution < 1.29 is 23.4 Å². The smallest absolute Gasteiger partial charge is 0.493 e. The summed E-state index contributed by atoms with van der Waals surface area (Å²) in [6.45, 7) is 19.5. The minimum absolute atomic E-state index is 0.382. The van der Waals surface area contributed by atoms with Crippen LogP contribution in [0.15, 0.2) is 6.07 Å². The number of ether oxygens (including phenoxy) is 1. The molecule has 0 bridgehead atoms. The van der Waals surface area contributed by atoms with Crippen molar-refractivity contribution in [1.29, 1.82) is 0 Å². The van der Waals surface area contributed by atoms with Crippen LogP contribution in [0, 0.1) is 0 Å². The summed E-state index contributed by atoms with van der Waals surface area (Å²) in [4.78, 5) is 0. The van der Waals surface area contributed by atoms with Crippen LogP contribution >= 0.6 is 11.3 Å². The van der Waals surface area contributed by atoms with E-state index in [0.29, 0.717) is 6.61 Å². The highest BCUT2D eigenvalue weighted by Gasteiger charge is 2.55. The maximum atomic E-state index is 6.32. The number of thiophene rings is 1. The highest BCUT2D eigenvalue weighted by molar-refractivity contribution is 7.30. The van der Waals surface area contributed by atoms with E-state index in [1.54, 1.807) is 11.3 Å². The second-order valence-corrected chi connectivity index (χ2v) is 11.6. The van der Waals surface area contributed by atoms with E-state index in [0.717, 1.165) is 21.7 Å². The molecule has 0 atom stereocenters. The Balaban J connectivity index is 1.83. The maximum absolute atomic E-state index is 6.32. The van der Waals surface area contributed by atoms with Crippen molar-refractivity contribution in [2.24, 2.45) is 0 Å². The molecule has 0 aromatic carbocycles. The number of unbranched alkanes of at least 4 members (excludes halogenated alkanes) is 3. The number of rotatable bonds is 8. The molecule has 1 aromatic rings. The fraction of sp³-hybridized carbons (Fsp3) is 0.818. The summed E-state index contributed by atoms with van der Waals surface area (Å²) in [5.74, 6) is 0.819. The molecule has 2 saturated heterocycles. The zero-order chi connectivity index (χ0) is 22.4. The highest BCUT2D eigenvalue weighted by atomic mass is 32.1. The molecular weight excluding hydrogens is 398 g/mol. The first-order valence-corrected chi connectivity index (χ1v) is 12.1. The lowest BCUT2D eigenvalue weighted by Crippen LogP contribution is -2.41. The molecule has 2 fully saturated rings. The van der Waals surface area contributed by atoms with Gasteiger partial charge in [-0.15, -0.1) is 11.3 Å². The van der Waals surface area contributed by atoms with Crippen molar-refractivity contribution in [3.8, 4) is 5.75 Å². The van der Waals surface area contributed by atoms with Crippen LogP contribution in [0.4, 0.5) is 0 Å². The van der Waals surface area contributed by atoms with E-state index >= 15 is 0 Å². The predicted molar refractivity (Wildman–Crippen MR) is 125 cm³/mol. The van der Waals surface area contributed by atoms with Crippen molar-refractivity contribution in [2.75, 3.05) is 6.61 Å². The van der Waals surface area contributed by atoms with E-state index < -0.39 is 25.4 Å². The van der Waals surface area contributed by atoms with Crippen LogP contribution in [0.2, 0.25) is 0 Å². The van der Waals surface area contributed by atoms with Gasteiger partial charge < -0.3 is 23.4 Å². The molecule has 0 radical (unpaired) electrons. The van der Waals surface area contributed by atoms with Crippen LogP contribution in [0.1, 0.15) is 88.0 Å². The number of hydrogen-bond acceptors (Lipinski definition) is 6. The molecule has 0 spiro atoms. The zero-order valence-corrected chi connectivity index (χ0v) is 21.0. The first kappa shape index (κ1) is 24.1. The first-order valence-electron chi connectivity index (χ1n) is 11.3. The second kappa shape index (κ2) is 8.43.